The lowest BCUT2D eigenvalue weighted by molar-refractivity contribution is -0.137. The predicted molar refractivity (Wildman–Crippen MR) is 109 cm³/mol. The number of halogens is 3. The molecule has 1 saturated heterocycles. The van der Waals surface area contributed by atoms with Gasteiger partial charge >= 0.3 is 12.1 Å². The number of hydrogen-bond acceptors (Lipinski definition) is 4. The van der Waals surface area contributed by atoms with Gasteiger partial charge in [-0.1, -0.05) is 19.1 Å². The lowest BCUT2D eigenvalue weighted by Gasteiger charge is -2.27. The molecule has 30 heavy (non-hydrogen) atoms. The molecule has 1 fully saturated rings. The fraction of sp³-hybridized carbons (Fsp3) is 0.435. The van der Waals surface area contributed by atoms with Crippen LogP contribution in [0.2, 0.25) is 0 Å². The first-order valence-corrected chi connectivity index (χ1v) is 10.0. The number of anilines is 1. The zero-order chi connectivity index (χ0) is 21.7. The van der Waals surface area contributed by atoms with E-state index in [2.05, 4.69) is 4.90 Å². The molecule has 0 radical (unpaired) electrons. The standard InChI is InChI=1S/C23H26F3NO3/c1-3-12-30-15-21-13-18(16-4-8-19(9-5-16)23(24,25)26)14-27(21)20-10-6-17(7-11-20)22(28)29-2/h4-11,18,21H,3,12-15H2,1-2H3/t18?,21-/m0/s1. The van der Waals surface area contributed by atoms with Gasteiger partial charge in [-0.05, 0) is 54.8 Å². The Morgan fingerprint density at radius 3 is 2.33 bits per heavy atom. The molecule has 2 aromatic rings. The van der Waals surface area contributed by atoms with Crippen molar-refractivity contribution in [3.05, 3.63) is 65.2 Å². The van der Waals surface area contributed by atoms with Crippen LogP contribution < -0.4 is 4.90 Å². The van der Waals surface area contributed by atoms with E-state index in [1.54, 1.807) is 24.3 Å². The Labute approximate surface area is 174 Å². The molecule has 1 aliphatic heterocycles. The number of benzene rings is 2. The molecule has 0 amide bonds. The van der Waals surface area contributed by atoms with Gasteiger partial charge in [0.2, 0.25) is 0 Å². The van der Waals surface area contributed by atoms with Gasteiger partial charge in [-0.15, -0.1) is 0 Å². The van der Waals surface area contributed by atoms with Gasteiger partial charge in [0.1, 0.15) is 0 Å². The Hall–Kier alpha value is -2.54. The van der Waals surface area contributed by atoms with Gasteiger partial charge in [-0.2, -0.15) is 13.2 Å². The maximum absolute atomic E-state index is 12.9. The van der Waals surface area contributed by atoms with E-state index in [0.717, 1.165) is 36.2 Å². The van der Waals surface area contributed by atoms with Crippen molar-refractivity contribution in [2.45, 2.75) is 37.9 Å². The highest BCUT2D eigenvalue weighted by Crippen LogP contribution is 2.37. The van der Waals surface area contributed by atoms with Crippen molar-refractivity contribution in [2.24, 2.45) is 0 Å². The molecule has 0 bridgehead atoms. The summed E-state index contributed by atoms with van der Waals surface area (Å²) in [5, 5.41) is 0. The van der Waals surface area contributed by atoms with Crippen LogP contribution in [-0.4, -0.2) is 38.9 Å². The van der Waals surface area contributed by atoms with Crippen molar-refractivity contribution in [1.82, 2.24) is 0 Å². The topological polar surface area (TPSA) is 38.8 Å². The lowest BCUT2D eigenvalue weighted by Crippen LogP contribution is -2.33. The number of nitrogens with zero attached hydrogens (tertiary/aromatic N) is 1. The third kappa shape index (κ3) is 5.14. The molecule has 1 aliphatic rings. The van der Waals surface area contributed by atoms with Crippen LogP contribution in [0, 0.1) is 0 Å². The number of alkyl halides is 3. The van der Waals surface area contributed by atoms with E-state index >= 15 is 0 Å². The molecule has 2 atom stereocenters. The molecule has 0 aliphatic carbocycles. The van der Waals surface area contributed by atoms with Crippen molar-refractivity contribution in [1.29, 1.82) is 0 Å². The number of esters is 1. The molecule has 0 spiro atoms. The fourth-order valence-electron chi connectivity index (χ4n) is 3.85. The van der Waals surface area contributed by atoms with E-state index in [4.69, 9.17) is 9.47 Å². The number of hydrogen-bond donors (Lipinski definition) is 0. The Kier molecular flexibility index (Phi) is 7.02. The zero-order valence-corrected chi connectivity index (χ0v) is 17.1. The van der Waals surface area contributed by atoms with E-state index < -0.39 is 17.7 Å². The van der Waals surface area contributed by atoms with E-state index in [1.165, 1.54) is 7.11 Å². The minimum Gasteiger partial charge on any atom is -0.465 e. The van der Waals surface area contributed by atoms with Crippen LogP contribution in [0.4, 0.5) is 18.9 Å². The highest BCUT2D eigenvalue weighted by Gasteiger charge is 2.34. The lowest BCUT2D eigenvalue weighted by atomic mass is 9.95. The summed E-state index contributed by atoms with van der Waals surface area (Å²) in [6.07, 6.45) is -2.63. The third-order valence-corrected chi connectivity index (χ3v) is 5.40. The second kappa shape index (κ2) is 9.51. The molecular weight excluding hydrogens is 395 g/mol. The molecule has 4 nitrogen and oxygen atoms in total. The van der Waals surface area contributed by atoms with Gasteiger partial charge in [0.15, 0.2) is 0 Å². The van der Waals surface area contributed by atoms with Crippen LogP contribution in [0.1, 0.15) is 47.2 Å². The van der Waals surface area contributed by atoms with Crippen LogP contribution in [0.25, 0.3) is 0 Å². The number of methoxy groups -OCH3 is 1. The maximum Gasteiger partial charge on any atom is 0.416 e. The van der Waals surface area contributed by atoms with Crippen molar-refractivity contribution in [2.75, 3.05) is 31.8 Å². The average molecular weight is 421 g/mol. The summed E-state index contributed by atoms with van der Waals surface area (Å²) in [6.45, 7) is 3.92. The van der Waals surface area contributed by atoms with Gasteiger partial charge < -0.3 is 14.4 Å². The predicted octanol–water partition coefficient (Wildman–Crippen LogP) is 5.28. The van der Waals surface area contributed by atoms with Crippen molar-refractivity contribution in [3.63, 3.8) is 0 Å². The summed E-state index contributed by atoms with van der Waals surface area (Å²) in [5.74, 6) is -0.295. The molecule has 3 rings (SSSR count). The van der Waals surface area contributed by atoms with Crippen molar-refractivity contribution < 1.29 is 27.4 Å². The molecule has 162 valence electrons. The van der Waals surface area contributed by atoms with Gasteiger partial charge in [0, 0.05) is 24.8 Å². The molecule has 0 saturated carbocycles. The van der Waals surface area contributed by atoms with Gasteiger partial charge in [0.25, 0.3) is 0 Å². The first-order chi connectivity index (χ1) is 14.3. The van der Waals surface area contributed by atoms with Crippen LogP contribution in [0.3, 0.4) is 0 Å². The number of ether oxygens (including phenoxy) is 2. The second-order valence-corrected chi connectivity index (χ2v) is 7.47. The number of carbonyl (C=O) groups excluding carboxylic acids is 1. The van der Waals surface area contributed by atoms with E-state index in [1.807, 2.05) is 19.1 Å². The summed E-state index contributed by atoms with van der Waals surface area (Å²) in [7, 11) is 1.34. The molecule has 7 heteroatoms. The van der Waals surface area contributed by atoms with E-state index in [0.29, 0.717) is 25.3 Å². The van der Waals surface area contributed by atoms with Crippen molar-refractivity contribution >= 4 is 11.7 Å². The molecule has 0 N–H and O–H groups in total. The minimum atomic E-state index is -4.34. The second-order valence-electron chi connectivity index (χ2n) is 7.47. The van der Waals surface area contributed by atoms with Crippen LogP contribution in [0.5, 0.6) is 0 Å². The minimum absolute atomic E-state index is 0.0998. The molecule has 2 aromatic carbocycles. The summed E-state index contributed by atoms with van der Waals surface area (Å²) in [5.41, 5.74) is 1.67. The summed E-state index contributed by atoms with van der Waals surface area (Å²) in [4.78, 5) is 13.9. The van der Waals surface area contributed by atoms with E-state index in [9.17, 15) is 18.0 Å². The molecule has 0 aromatic heterocycles. The van der Waals surface area contributed by atoms with Crippen LogP contribution in [-0.2, 0) is 15.7 Å². The van der Waals surface area contributed by atoms with Gasteiger partial charge in [0.05, 0.1) is 30.9 Å². The quantitative estimate of drug-likeness (QED) is 0.450. The fourth-order valence-corrected chi connectivity index (χ4v) is 3.85. The SMILES string of the molecule is CCCOC[C@@H]1CC(c2ccc(C(F)(F)F)cc2)CN1c1ccc(C(=O)OC)cc1. The summed E-state index contributed by atoms with van der Waals surface area (Å²) < 4.78 is 49.1. The molecule has 1 unspecified atom stereocenters. The molecular formula is C23H26F3NO3. The maximum atomic E-state index is 12.9. The Bertz CT molecular complexity index is 834. The third-order valence-electron chi connectivity index (χ3n) is 5.40. The largest absolute Gasteiger partial charge is 0.465 e. The van der Waals surface area contributed by atoms with Crippen molar-refractivity contribution in [3.8, 4) is 0 Å². The monoisotopic (exact) mass is 421 g/mol. The van der Waals surface area contributed by atoms with Crippen LogP contribution >= 0.6 is 0 Å². The van der Waals surface area contributed by atoms with Gasteiger partial charge in [-0.3, -0.25) is 0 Å². The summed E-state index contributed by atoms with van der Waals surface area (Å²) in [6, 6.07) is 12.7. The first-order valence-electron chi connectivity index (χ1n) is 10.0. The normalized spacial score (nSPS) is 19.2. The Morgan fingerprint density at radius 2 is 1.77 bits per heavy atom. The Morgan fingerprint density at radius 1 is 1.10 bits per heavy atom. The highest BCUT2D eigenvalue weighted by atomic mass is 19.4. The smallest absolute Gasteiger partial charge is 0.416 e. The zero-order valence-electron chi connectivity index (χ0n) is 17.1. The number of carbonyl (C=O) groups is 1. The Balaban J connectivity index is 1.79. The average Bonchev–Trinajstić information content (AvgIpc) is 3.17. The number of rotatable bonds is 7. The van der Waals surface area contributed by atoms with E-state index in [-0.39, 0.29) is 12.0 Å². The van der Waals surface area contributed by atoms with Gasteiger partial charge in [-0.25, -0.2) is 4.79 Å². The first kappa shape index (κ1) is 22.2. The summed E-state index contributed by atoms with van der Waals surface area (Å²) >= 11 is 0. The van der Waals surface area contributed by atoms with Crippen LogP contribution in [0.15, 0.2) is 48.5 Å². The highest BCUT2D eigenvalue weighted by molar-refractivity contribution is 5.89. The molecule has 1 heterocycles.